The molecule has 0 bridgehead atoms. The van der Waals surface area contributed by atoms with E-state index >= 15 is 0 Å². The summed E-state index contributed by atoms with van der Waals surface area (Å²) in [6.45, 7) is 0. The summed E-state index contributed by atoms with van der Waals surface area (Å²) in [4.78, 5) is 12.3. The Labute approximate surface area is 117 Å². The molecule has 110 valence electrons. The van der Waals surface area contributed by atoms with Crippen LogP contribution in [-0.2, 0) is 7.05 Å². The van der Waals surface area contributed by atoms with E-state index < -0.39 is 5.54 Å². The Bertz CT molecular complexity index is 501. The minimum atomic E-state index is -0.764. The zero-order valence-corrected chi connectivity index (χ0v) is 11.7. The summed E-state index contributed by atoms with van der Waals surface area (Å²) >= 11 is 0. The molecular formula is C13H21N5O2. The molecule has 7 nitrogen and oxygen atoms in total. The van der Waals surface area contributed by atoms with Crippen molar-refractivity contribution >= 4 is 11.7 Å². The molecule has 1 amide bonds. The van der Waals surface area contributed by atoms with Crippen molar-refractivity contribution in [2.45, 2.75) is 44.1 Å². The molecule has 0 saturated heterocycles. The van der Waals surface area contributed by atoms with Gasteiger partial charge in [0.1, 0.15) is 11.2 Å². The van der Waals surface area contributed by atoms with Crippen LogP contribution in [0.25, 0.3) is 0 Å². The number of aryl methyl sites for hydroxylation is 1. The van der Waals surface area contributed by atoms with E-state index in [0.717, 1.165) is 25.7 Å². The Hall–Kier alpha value is -2.05. The third kappa shape index (κ3) is 2.92. The van der Waals surface area contributed by atoms with Gasteiger partial charge in [-0.15, -0.1) is 0 Å². The number of aromatic nitrogens is 2. The average Bonchev–Trinajstić information content (AvgIpc) is 2.74. The summed E-state index contributed by atoms with van der Waals surface area (Å²) in [5.74, 6) is -0.220. The fourth-order valence-corrected chi connectivity index (χ4v) is 2.69. The summed E-state index contributed by atoms with van der Waals surface area (Å²) < 4.78 is 1.57. The third-order valence-corrected chi connectivity index (χ3v) is 3.85. The monoisotopic (exact) mass is 279 g/mol. The normalized spacial score (nSPS) is 19.4. The zero-order valence-electron chi connectivity index (χ0n) is 11.7. The molecule has 1 saturated carbocycles. The summed E-state index contributed by atoms with van der Waals surface area (Å²) in [7, 11) is 1.75. The number of hydrogen-bond donors (Lipinski definition) is 3. The lowest BCUT2D eigenvalue weighted by molar-refractivity contribution is 0.0909. The third-order valence-electron chi connectivity index (χ3n) is 3.85. The molecule has 7 heteroatoms. The molecular weight excluding hydrogens is 258 g/mol. The SMILES string of the molecule is Cn1ccc(C(=O)NC2(/C(N)=N/O)CCCCCC2)n1. The Kier molecular flexibility index (Phi) is 4.26. The van der Waals surface area contributed by atoms with Crippen LogP contribution in [-0.4, -0.2) is 32.3 Å². The zero-order chi connectivity index (χ0) is 14.6. The molecule has 1 aliphatic carbocycles. The molecule has 1 aromatic rings. The smallest absolute Gasteiger partial charge is 0.272 e. The van der Waals surface area contributed by atoms with E-state index in [1.54, 1.807) is 24.0 Å². The molecule has 1 heterocycles. The highest BCUT2D eigenvalue weighted by Gasteiger charge is 2.37. The number of nitrogens with zero attached hydrogens (tertiary/aromatic N) is 3. The number of nitrogens with two attached hydrogens (primary N) is 1. The van der Waals surface area contributed by atoms with Crippen molar-refractivity contribution in [3.63, 3.8) is 0 Å². The van der Waals surface area contributed by atoms with Gasteiger partial charge in [0.25, 0.3) is 5.91 Å². The molecule has 1 aromatic heterocycles. The fourth-order valence-electron chi connectivity index (χ4n) is 2.69. The first kappa shape index (κ1) is 14.4. The minimum Gasteiger partial charge on any atom is -0.409 e. The van der Waals surface area contributed by atoms with Crippen molar-refractivity contribution in [3.05, 3.63) is 18.0 Å². The molecule has 0 aliphatic heterocycles. The van der Waals surface area contributed by atoms with Crippen molar-refractivity contribution in [1.29, 1.82) is 0 Å². The number of hydrogen-bond acceptors (Lipinski definition) is 4. The Morgan fingerprint density at radius 3 is 2.60 bits per heavy atom. The number of amides is 1. The topological polar surface area (TPSA) is 106 Å². The molecule has 0 spiro atoms. The van der Waals surface area contributed by atoms with Gasteiger partial charge in [-0.25, -0.2) is 0 Å². The first-order chi connectivity index (χ1) is 9.57. The Morgan fingerprint density at radius 2 is 2.10 bits per heavy atom. The maximum Gasteiger partial charge on any atom is 0.272 e. The molecule has 0 unspecified atom stereocenters. The van der Waals surface area contributed by atoms with Gasteiger partial charge < -0.3 is 16.3 Å². The van der Waals surface area contributed by atoms with Crippen LogP contribution in [0.2, 0.25) is 0 Å². The fraction of sp³-hybridized carbons (Fsp3) is 0.615. The van der Waals surface area contributed by atoms with Gasteiger partial charge in [-0.3, -0.25) is 9.48 Å². The van der Waals surface area contributed by atoms with Crippen LogP contribution >= 0.6 is 0 Å². The van der Waals surface area contributed by atoms with Crippen LogP contribution in [0.15, 0.2) is 17.4 Å². The molecule has 1 fully saturated rings. The standard InChI is InChI=1S/C13H21N5O2/c1-18-9-6-10(16-18)11(19)15-13(12(14)17-20)7-4-2-3-5-8-13/h6,9,20H,2-5,7-8H2,1H3,(H2,14,17)(H,15,19). The number of oxime groups is 1. The van der Waals surface area contributed by atoms with E-state index in [4.69, 9.17) is 10.9 Å². The maximum absolute atomic E-state index is 12.3. The highest BCUT2D eigenvalue weighted by atomic mass is 16.4. The van der Waals surface area contributed by atoms with Crippen LogP contribution in [0.3, 0.4) is 0 Å². The van der Waals surface area contributed by atoms with E-state index in [2.05, 4.69) is 15.6 Å². The average molecular weight is 279 g/mol. The summed E-state index contributed by atoms with van der Waals surface area (Å²) in [6, 6.07) is 1.64. The first-order valence-corrected chi connectivity index (χ1v) is 6.87. The van der Waals surface area contributed by atoms with Crippen LogP contribution in [0, 0.1) is 0 Å². The number of carbonyl (C=O) groups is 1. The second-order valence-electron chi connectivity index (χ2n) is 5.31. The van der Waals surface area contributed by atoms with Crippen molar-refractivity contribution in [2.75, 3.05) is 0 Å². The number of nitrogens with one attached hydrogen (secondary N) is 1. The van der Waals surface area contributed by atoms with E-state index in [1.807, 2.05) is 0 Å². The molecule has 1 aliphatic rings. The molecule has 4 N–H and O–H groups in total. The van der Waals surface area contributed by atoms with Gasteiger partial charge in [0.15, 0.2) is 5.84 Å². The van der Waals surface area contributed by atoms with Crippen LogP contribution in [0.1, 0.15) is 49.0 Å². The largest absolute Gasteiger partial charge is 0.409 e. The lowest BCUT2D eigenvalue weighted by atomic mass is 9.88. The van der Waals surface area contributed by atoms with Gasteiger partial charge in [0.05, 0.1) is 0 Å². The van der Waals surface area contributed by atoms with Crippen molar-refractivity contribution in [3.8, 4) is 0 Å². The predicted molar refractivity (Wildman–Crippen MR) is 74.5 cm³/mol. The van der Waals surface area contributed by atoms with E-state index in [0.29, 0.717) is 18.5 Å². The number of carbonyl (C=O) groups excluding carboxylic acids is 1. The van der Waals surface area contributed by atoms with Crippen molar-refractivity contribution < 1.29 is 10.0 Å². The van der Waals surface area contributed by atoms with Crippen molar-refractivity contribution in [2.24, 2.45) is 17.9 Å². The second kappa shape index (κ2) is 5.94. The van der Waals surface area contributed by atoms with E-state index in [1.165, 1.54) is 0 Å². The highest BCUT2D eigenvalue weighted by Crippen LogP contribution is 2.27. The quantitative estimate of drug-likeness (QED) is 0.252. The maximum atomic E-state index is 12.3. The molecule has 2 rings (SSSR count). The summed E-state index contributed by atoms with van der Waals surface area (Å²) in [5, 5.41) is 19.2. The lowest BCUT2D eigenvalue weighted by Crippen LogP contribution is -2.57. The molecule has 0 radical (unpaired) electrons. The van der Waals surface area contributed by atoms with Gasteiger partial charge >= 0.3 is 0 Å². The Balaban J connectivity index is 2.21. The van der Waals surface area contributed by atoms with Crippen molar-refractivity contribution in [1.82, 2.24) is 15.1 Å². The molecule has 0 atom stereocenters. The summed E-state index contributed by atoms with van der Waals surface area (Å²) in [5.41, 5.74) is 5.41. The van der Waals surface area contributed by atoms with Crippen LogP contribution in [0.5, 0.6) is 0 Å². The summed E-state index contributed by atoms with van der Waals surface area (Å²) in [6.07, 6.45) is 7.15. The second-order valence-corrected chi connectivity index (χ2v) is 5.31. The number of amidine groups is 1. The predicted octanol–water partition coefficient (Wildman–Crippen LogP) is 0.989. The van der Waals surface area contributed by atoms with Gasteiger partial charge in [-0.2, -0.15) is 5.10 Å². The molecule has 20 heavy (non-hydrogen) atoms. The van der Waals surface area contributed by atoms with Gasteiger partial charge in [-0.1, -0.05) is 30.8 Å². The number of rotatable bonds is 3. The van der Waals surface area contributed by atoms with Crippen LogP contribution < -0.4 is 11.1 Å². The minimum absolute atomic E-state index is 0.0729. The van der Waals surface area contributed by atoms with Gasteiger partial charge in [-0.05, 0) is 18.9 Å². The van der Waals surface area contributed by atoms with E-state index in [9.17, 15) is 4.79 Å². The first-order valence-electron chi connectivity index (χ1n) is 6.87. The highest BCUT2D eigenvalue weighted by molar-refractivity contribution is 5.99. The van der Waals surface area contributed by atoms with Crippen LogP contribution in [0.4, 0.5) is 0 Å². The Morgan fingerprint density at radius 1 is 1.45 bits per heavy atom. The lowest BCUT2D eigenvalue weighted by Gasteiger charge is -2.32. The molecule has 0 aromatic carbocycles. The van der Waals surface area contributed by atoms with E-state index in [-0.39, 0.29) is 11.7 Å². The van der Waals surface area contributed by atoms with Gasteiger partial charge in [0.2, 0.25) is 0 Å². The van der Waals surface area contributed by atoms with Gasteiger partial charge in [0, 0.05) is 13.2 Å².